The molecule has 1 atom stereocenters. The first kappa shape index (κ1) is 14.2. The number of likely N-dealkylation sites (N-methyl/N-ethyl adjacent to an activating group) is 1. The number of nitrogens with one attached hydrogen (secondary N) is 1. The molecule has 0 aliphatic heterocycles. The van der Waals surface area contributed by atoms with Gasteiger partial charge in [-0.15, -0.1) is 11.3 Å². The van der Waals surface area contributed by atoms with E-state index in [-0.39, 0.29) is 11.7 Å². The van der Waals surface area contributed by atoms with Gasteiger partial charge in [0, 0.05) is 30.2 Å². The van der Waals surface area contributed by atoms with Crippen molar-refractivity contribution in [2.24, 2.45) is 0 Å². The summed E-state index contributed by atoms with van der Waals surface area (Å²) >= 11 is 1.63. The highest BCUT2D eigenvalue weighted by Crippen LogP contribution is 2.22. The third-order valence-electron chi connectivity index (χ3n) is 3.56. The molecule has 21 heavy (non-hydrogen) atoms. The summed E-state index contributed by atoms with van der Waals surface area (Å²) in [6, 6.07) is 6.87. The Hall–Kier alpha value is -1.72. The fraction of sp³-hybridized carbons (Fsp3) is 0.312. The summed E-state index contributed by atoms with van der Waals surface area (Å²) < 4.78 is 15.5. The Labute approximate surface area is 127 Å². The summed E-state index contributed by atoms with van der Waals surface area (Å²) in [6.07, 6.45) is 4.88. The molecule has 0 bridgehead atoms. The van der Waals surface area contributed by atoms with Crippen LogP contribution in [0.15, 0.2) is 42.0 Å². The first-order chi connectivity index (χ1) is 10.3. The molecule has 0 saturated heterocycles. The molecule has 1 aromatic carbocycles. The zero-order valence-electron chi connectivity index (χ0n) is 11.9. The van der Waals surface area contributed by atoms with Gasteiger partial charge >= 0.3 is 0 Å². The van der Waals surface area contributed by atoms with E-state index in [4.69, 9.17) is 0 Å². The van der Waals surface area contributed by atoms with Crippen LogP contribution in [0, 0.1) is 5.82 Å². The molecule has 5 heteroatoms. The predicted molar refractivity (Wildman–Crippen MR) is 84.5 cm³/mol. The van der Waals surface area contributed by atoms with Gasteiger partial charge in [-0.1, -0.05) is 19.1 Å². The number of imidazole rings is 1. The van der Waals surface area contributed by atoms with Gasteiger partial charge in [-0.05, 0) is 30.7 Å². The Morgan fingerprint density at radius 2 is 2.33 bits per heavy atom. The Morgan fingerprint density at radius 3 is 3.10 bits per heavy atom. The zero-order chi connectivity index (χ0) is 14.7. The van der Waals surface area contributed by atoms with Crippen molar-refractivity contribution < 1.29 is 4.39 Å². The second-order valence-corrected chi connectivity index (χ2v) is 5.96. The lowest BCUT2D eigenvalue weighted by Gasteiger charge is -2.16. The molecule has 0 amide bonds. The Morgan fingerprint density at radius 1 is 1.43 bits per heavy atom. The molecule has 110 valence electrons. The van der Waals surface area contributed by atoms with Gasteiger partial charge in [-0.25, -0.2) is 9.37 Å². The summed E-state index contributed by atoms with van der Waals surface area (Å²) in [5.74, 6) is 0.0464. The first-order valence-corrected chi connectivity index (χ1v) is 8.01. The third-order valence-corrected chi connectivity index (χ3v) is 4.33. The van der Waals surface area contributed by atoms with Gasteiger partial charge in [0.15, 0.2) is 4.96 Å². The summed E-state index contributed by atoms with van der Waals surface area (Å²) in [6.45, 7) is 3.81. The van der Waals surface area contributed by atoms with Crippen LogP contribution in [0.25, 0.3) is 4.96 Å². The Balaban J connectivity index is 1.83. The Bertz CT molecular complexity index is 690. The number of nitrogens with zero attached hydrogens (tertiary/aromatic N) is 2. The molecule has 0 radical (unpaired) electrons. The average molecular weight is 303 g/mol. The summed E-state index contributed by atoms with van der Waals surface area (Å²) in [4.78, 5) is 5.63. The van der Waals surface area contributed by atoms with E-state index in [1.165, 1.54) is 6.07 Å². The molecule has 0 aliphatic rings. The van der Waals surface area contributed by atoms with E-state index in [0.717, 1.165) is 35.7 Å². The lowest BCUT2D eigenvalue weighted by atomic mass is 9.94. The summed E-state index contributed by atoms with van der Waals surface area (Å²) in [5, 5.41) is 5.38. The fourth-order valence-corrected chi connectivity index (χ4v) is 3.23. The second-order valence-electron chi connectivity index (χ2n) is 5.09. The van der Waals surface area contributed by atoms with Crippen LogP contribution in [-0.4, -0.2) is 22.5 Å². The van der Waals surface area contributed by atoms with Gasteiger partial charge in [0.25, 0.3) is 0 Å². The number of halogens is 1. The Kier molecular flexibility index (Phi) is 4.31. The van der Waals surface area contributed by atoms with Gasteiger partial charge in [-0.2, -0.15) is 0 Å². The number of fused-ring (bicyclic) bond motifs is 1. The van der Waals surface area contributed by atoms with Crippen molar-refractivity contribution in [1.29, 1.82) is 0 Å². The molecule has 0 saturated carbocycles. The number of aromatic nitrogens is 2. The van der Waals surface area contributed by atoms with Crippen LogP contribution in [0.4, 0.5) is 4.39 Å². The molecule has 0 aliphatic carbocycles. The third kappa shape index (κ3) is 3.31. The number of thiazole rings is 1. The fourth-order valence-electron chi connectivity index (χ4n) is 2.51. The van der Waals surface area contributed by atoms with Crippen LogP contribution in [-0.2, 0) is 6.42 Å². The number of rotatable bonds is 6. The lowest BCUT2D eigenvalue weighted by molar-refractivity contribution is 0.579. The number of hydrogen-bond acceptors (Lipinski definition) is 3. The molecule has 3 aromatic rings. The molecule has 0 spiro atoms. The van der Waals surface area contributed by atoms with Crippen LogP contribution in [0.5, 0.6) is 0 Å². The largest absolute Gasteiger partial charge is 0.316 e. The highest BCUT2D eigenvalue weighted by atomic mass is 32.1. The molecule has 3 nitrogen and oxygen atoms in total. The van der Waals surface area contributed by atoms with E-state index < -0.39 is 0 Å². The lowest BCUT2D eigenvalue weighted by Crippen LogP contribution is -2.22. The van der Waals surface area contributed by atoms with Gasteiger partial charge in [0.05, 0.1) is 5.69 Å². The number of benzene rings is 1. The molecule has 3 rings (SSSR count). The normalized spacial score (nSPS) is 12.9. The molecule has 2 heterocycles. The van der Waals surface area contributed by atoms with Gasteiger partial charge < -0.3 is 5.32 Å². The maximum atomic E-state index is 13.5. The minimum atomic E-state index is -0.181. The summed E-state index contributed by atoms with van der Waals surface area (Å²) in [5.41, 5.74) is 2.07. The van der Waals surface area contributed by atoms with Crippen molar-refractivity contribution in [3.63, 3.8) is 0 Å². The molecule has 2 aromatic heterocycles. The average Bonchev–Trinajstić information content (AvgIpc) is 3.04. The topological polar surface area (TPSA) is 29.3 Å². The van der Waals surface area contributed by atoms with Gasteiger partial charge in [0.2, 0.25) is 0 Å². The standard InChI is InChI=1S/C16H18FN3S/c1-2-18-10-13(12-4-3-5-14(17)8-12)9-15-11-20-6-7-21-16(20)19-15/h3-8,11,13,18H,2,9-10H2,1H3. The minimum absolute atomic E-state index is 0.181. The van der Waals surface area contributed by atoms with Crippen LogP contribution in [0.2, 0.25) is 0 Å². The van der Waals surface area contributed by atoms with Crippen molar-refractivity contribution in [1.82, 2.24) is 14.7 Å². The van der Waals surface area contributed by atoms with E-state index >= 15 is 0 Å². The van der Waals surface area contributed by atoms with Crippen molar-refractivity contribution in [2.45, 2.75) is 19.3 Å². The van der Waals surface area contributed by atoms with Crippen molar-refractivity contribution in [3.8, 4) is 0 Å². The first-order valence-electron chi connectivity index (χ1n) is 7.13. The highest BCUT2D eigenvalue weighted by molar-refractivity contribution is 7.15. The van der Waals surface area contributed by atoms with Crippen LogP contribution in [0.3, 0.4) is 0 Å². The smallest absolute Gasteiger partial charge is 0.193 e. The summed E-state index contributed by atoms with van der Waals surface area (Å²) in [7, 11) is 0. The maximum absolute atomic E-state index is 13.5. The monoisotopic (exact) mass is 303 g/mol. The minimum Gasteiger partial charge on any atom is -0.316 e. The van der Waals surface area contributed by atoms with Crippen molar-refractivity contribution in [3.05, 3.63) is 59.1 Å². The quantitative estimate of drug-likeness (QED) is 0.755. The van der Waals surface area contributed by atoms with E-state index in [0.29, 0.717) is 0 Å². The molecule has 1 unspecified atom stereocenters. The van der Waals surface area contributed by atoms with Crippen molar-refractivity contribution >= 4 is 16.3 Å². The predicted octanol–water partition coefficient (Wildman–Crippen LogP) is 3.47. The van der Waals surface area contributed by atoms with Gasteiger partial charge in [-0.3, -0.25) is 4.40 Å². The SMILES string of the molecule is CCNCC(Cc1cn2ccsc2n1)c1cccc(F)c1. The molecular formula is C16H18FN3S. The van der Waals surface area contributed by atoms with Crippen LogP contribution >= 0.6 is 11.3 Å². The molecule has 0 fully saturated rings. The van der Waals surface area contributed by atoms with Crippen LogP contribution < -0.4 is 5.32 Å². The maximum Gasteiger partial charge on any atom is 0.193 e. The molecular weight excluding hydrogens is 285 g/mol. The highest BCUT2D eigenvalue weighted by Gasteiger charge is 2.15. The van der Waals surface area contributed by atoms with E-state index in [9.17, 15) is 4.39 Å². The van der Waals surface area contributed by atoms with E-state index in [1.54, 1.807) is 23.5 Å². The molecule has 1 N–H and O–H groups in total. The van der Waals surface area contributed by atoms with Crippen LogP contribution in [0.1, 0.15) is 24.1 Å². The van der Waals surface area contributed by atoms with Gasteiger partial charge in [0.1, 0.15) is 5.82 Å². The van der Waals surface area contributed by atoms with E-state index in [1.807, 2.05) is 22.0 Å². The second kappa shape index (κ2) is 6.37. The van der Waals surface area contributed by atoms with E-state index in [2.05, 4.69) is 23.4 Å². The number of hydrogen-bond donors (Lipinski definition) is 1. The van der Waals surface area contributed by atoms with Crippen molar-refractivity contribution in [2.75, 3.05) is 13.1 Å². The zero-order valence-corrected chi connectivity index (χ0v) is 12.7.